The fraction of sp³-hybridized carbons (Fsp3) is 0.154. The van der Waals surface area contributed by atoms with Crippen LogP contribution in [-0.4, -0.2) is 15.2 Å². The number of thioether (sulfide) groups is 1. The summed E-state index contributed by atoms with van der Waals surface area (Å²) in [5, 5.41) is 9.04. The van der Waals surface area contributed by atoms with Gasteiger partial charge < -0.3 is 4.42 Å². The average Bonchev–Trinajstić information content (AvgIpc) is 3.06. The highest BCUT2D eigenvalue weighted by atomic mass is 79.9. The van der Waals surface area contributed by atoms with Gasteiger partial charge in [0.15, 0.2) is 4.34 Å². The van der Waals surface area contributed by atoms with Gasteiger partial charge in [-0.2, -0.15) is 0 Å². The molecule has 0 atom stereocenters. The van der Waals surface area contributed by atoms with Crippen LogP contribution in [0.2, 0.25) is 0 Å². The van der Waals surface area contributed by atoms with E-state index in [1.165, 1.54) is 0 Å². The highest BCUT2D eigenvalue weighted by Gasteiger charge is 2.08. The standard InChI is InChI=1S/C13H10BrN3OS2/c1-8-16-17-13(20-8)19-7-11-6-18-12(15-11)9-2-4-10(14)5-3-9/h2-6H,7H2,1H3. The molecule has 102 valence electrons. The van der Waals surface area contributed by atoms with Crippen LogP contribution in [-0.2, 0) is 5.75 Å². The molecule has 3 aromatic rings. The molecule has 3 rings (SSSR count). The highest BCUT2D eigenvalue weighted by molar-refractivity contribution is 9.10. The van der Waals surface area contributed by atoms with Crippen molar-refractivity contribution >= 4 is 39.0 Å². The van der Waals surface area contributed by atoms with Gasteiger partial charge in [0.25, 0.3) is 0 Å². The molecule has 0 fully saturated rings. The van der Waals surface area contributed by atoms with Crippen LogP contribution in [0.3, 0.4) is 0 Å². The summed E-state index contributed by atoms with van der Waals surface area (Å²) >= 11 is 6.62. The molecule has 20 heavy (non-hydrogen) atoms. The summed E-state index contributed by atoms with van der Waals surface area (Å²) in [6.45, 7) is 1.95. The molecule has 0 spiro atoms. The molecule has 0 N–H and O–H groups in total. The number of oxazole rings is 1. The summed E-state index contributed by atoms with van der Waals surface area (Å²) in [5.74, 6) is 1.37. The van der Waals surface area contributed by atoms with Crippen LogP contribution < -0.4 is 0 Å². The van der Waals surface area contributed by atoms with Crippen molar-refractivity contribution in [2.45, 2.75) is 17.0 Å². The smallest absolute Gasteiger partial charge is 0.226 e. The lowest BCUT2D eigenvalue weighted by Crippen LogP contribution is -1.82. The Bertz CT molecular complexity index is 708. The van der Waals surface area contributed by atoms with E-state index in [1.54, 1.807) is 29.4 Å². The molecule has 0 saturated heterocycles. The monoisotopic (exact) mass is 367 g/mol. The maximum atomic E-state index is 5.51. The van der Waals surface area contributed by atoms with Crippen LogP contribution >= 0.6 is 39.0 Å². The second-order valence-corrected chi connectivity index (χ2v) is 7.35. The number of aromatic nitrogens is 3. The Kier molecular flexibility index (Phi) is 4.18. The molecule has 2 heterocycles. The lowest BCUT2D eigenvalue weighted by Gasteiger charge is -1.94. The normalized spacial score (nSPS) is 10.9. The molecule has 0 aliphatic carbocycles. The molecule has 7 heteroatoms. The molecule has 0 amide bonds. The van der Waals surface area contributed by atoms with E-state index in [0.717, 1.165) is 30.8 Å². The average molecular weight is 368 g/mol. The number of nitrogens with zero attached hydrogens (tertiary/aromatic N) is 3. The van der Waals surface area contributed by atoms with Crippen molar-refractivity contribution in [3.8, 4) is 11.5 Å². The SMILES string of the molecule is Cc1nnc(SCc2coc(-c3ccc(Br)cc3)n2)s1. The minimum absolute atomic E-state index is 0.640. The van der Waals surface area contributed by atoms with E-state index < -0.39 is 0 Å². The number of aryl methyl sites for hydroxylation is 1. The highest BCUT2D eigenvalue weighted by Crippen LogP contribution is 2.27. The fourth-order valence-electron chi connectivity index (χ4n) is 1.57. The molecular formula is C13H10BrN3OS2. The molecule has 4 nitrogen and oxygen atoms in total. The molecule has 0 saturated carbocycles. The molecule has 1 aromatic carbocycles. The van der Waals surface area contributed by atoms with Crippen molar-refractivity contribution in [2.24, 2.45) is 0 Å². The van der Waals surface area contributed by atoms with Gasteiger partial charge in [0.1, 0.15) is 11.3 Å². The van der Waals surface area contributed by atoms with Gasteiger partial charge in [0.2, 0.25) is 5.89 Å². The largest absolute Gasteiger partial charge is 0.444 e. The Morgan fingerprint density at radius 1 is 1.25 bits per heavy atom. The summed E-state index contributed by atoms with van der Waals surface area (Å²) < 4.78 is 7.50. The van der Waals surface area contributed by atoms with Crippen LogP contribution in [0, 0.1) is 6.92 Å². The van der Waals surface area contributed by atoms with Crippen LogP contribution in [0.4, 0.5) is 0 Å². The van der Waals surface area contributed by atoms with Gasteiger partial charge in [0, 0.05) is 15.8 Å². The third-order valence-electron chi connectivity index (χ3n) is 2.49. The van der Waals surface area contributed by atoms with E-state index in [4.69, 9.17) is 4.42 Å². The van der Waals surface area contributed by atoms with E-state index in [2.05, 4.69) is 31.1 Å². The Hall–Kier alpha value is -1.18. The zero-order chi connectivity index (χ0) is 13.9. The predicted molar refractivity (Wildman–Crippen MR) is 83.8 cm³/mol. The Balaban J connectivity index is 1.69. The van der Waals surface area contributed by atoms with Crippen LogP contribution in [0.25, 0.3) is 11.5 Å². The van der Waals surface area contributed by atoms with Gasteiger partial charge in [-0.25, -0.2) is 4.98 Å². The van der Waals surface area contributed by atoms with Gasteiger partial charge in [-0.1, -0.05) is 39.0 Å². The van der Waals surface area contributed by atoms with E-state index in [9.17, 15) is 0 Å². The maximum absolute atomic E-state index is 5.51. The first-order valence-corrected chi connectivity index (χ1v) is 8.43. The first-order chi connectivity index (χ1) is 9.70. The summed E-state index contributed by atoms with van der Waals surface area (Å²) in [6, 6.07) is 7.89. The zero-order valence-electron chi connectivity index (χ0n) is 10.5. The topological polar surface area (TPSA) is 51.8 Å². The zero-order valence-corrected chi connectivity index (χ0v) is 13.8. The van der Waals surface area contributed by atoms with Crippen LogP contribution in [0.15, 0.2) is 43.8 Å². The number of hydrogen-bond donors (Lipinski definition) is 0. The van der Waals surface area contributed by atoms with Crippen molar-refractivity contribution in [1.82, 2.24) is 15.2 Å². The van der Waals surface area contributed by atoms with E-state index in [1.807, 2.05) is 31.2 Å². The van der Waals surface area contributed by atoms with E-state index >= 15 is 0 Å². The van der Waals surface area contributed by atoms with Crippen molar-refractivity contribution in [3.05, 3.63) is 45.7 Å². The summed E-state index contributed by atoms with van der Waals surface area (Å²) in [7, 11) is 0. The van der Waals surface area contributed by atoms with Crippen LogP contribution in [0.5, 0.6) is 0 Å². The summed E-state index contributed by atoms with van der Waals surface area (Å²) in [5.41, 5.74) is 1.87. The number of hydrogen-bond acceptors (Lipinski definition) is 6. The minimum atomic E-state index is 0.640. The summed E-state index contributed by atoms with van der Waals surface area (Å²) in [4.78, 5) is 4.49. The Morgan fingerprint density at radius 2 is 2.05 bits per heavy atom. The van der Waals surface area contributed by atoms with Gasteiger partial charge in [-0.05, 0) is 31.2 Å². The lowest BCUT2D eigenvalue weighted by atomic mass is 10.2. The first kappa shape index (κ1) is 13.8. The Morgan fingerprint density at radius 3 is 2.75 bits per heavy atom. The number of benzene rings is 1. The van der Waals surface area contributed by atoms with Crippen molar-refractivity contribution < 1.29 is 4.42 Å². The quantitative estimate of drug-likeness (QED) is 0.632. The molecule has 0 radical (unpaired) electrons. The molecule has 0 aliphatic rings. The van der Waals surface area contributed by atoms with Gasteiger partial charge >= 0.3 is 0 Å². The second-order valence-electron chi connectivity index (χ2n) is 4.03. The molecule has 0 aliphatic heterocycles. The van der Waals surface area contributed by atoms with E-state index in [0.29, 0.717) is 5.89 Å². The van der Waals surface area contributed by atoms with Crippen LogP contribution in [0.1, 0.15) is 10.7 Å². The van der Waals surface area contributed by atoms with E-state index in [-0.39, 0.29) is 0 Å². The second kappa shape index (κ2) is 6.07. The molecule has 0 bridgehead atoms. The predicted octanol–water partition coefficient (Wildman–Crippen LogP) is 4.56. The first-order valence-electron chi connectivity index (χ1n) is 5.84. The summed E-state index contributed by atoms with van der Waals surface area (Å²) in [6.07, 6.45) is 1.69. The van der Waals surface area contributed by atoms with Crippen molar-refractivity contribution in [2.75, 3.05) is 0 Å². The lowest BCUT2D eigenvalue weighted by molar-refractivity contribution is 0.573. The van der Waals surface area contributed by atoms with Gasteiger partial charge in [-0.3, -0.25) is 0 Å². The van der Waals surface area contributed by atoms with Gasteiger partial charge in [0.05, 0.1) is 5.69 Å². The van der Waals surface area contributed by atoms with Crippen molar-refractivity contribution in [1.29, 1.82) is 0 Å². The number of rotatable bonds is 4. The Labute approximate surface area is 132 Å². The third-order valence-corrected chi connectivity index (χ3v) is 5.03. The maximum Gasteiger partial charge on any atom is 0.226 e. The third kappa shape index (κ3) is 3.28. The molecular weight excluding hydrogens is 358 g/mol. The fourth-order valence-corrected chi connectivity index (χ4v) is 3.53. The molecule has 2 aromatic heterocycles. The minimum Gasteiger partial charge on any atom is -0.444 e. The van der Waals surface area contributed by atoms with Crippen molar-refractivity contribution in [3.63, 3.8) is 0 Å². The number of halogens is 1. The molecule has 0 unspecified atom stereocenters. The van der Waals surface area contributed by atoms with Gasteiger partial charge in [-0.15, -0.1) is 10.2 Å².